The van der Waals surface area contributed by atoms with E-state index in [9.17, 15) is 0 Å². The molecule has 0 aliphatic carbocycles. The molecule has 1 rings (SSSR count). The van der Waals surface area contributed by atoms with E-state index < -0.39 is 0 Å². The molecule has 0 N–H and O–H groups in total. The van der Waals surface area contributed by atoms with Gasteiger partial charge in [0, 0.05) is 5.56 Å². The number of furan rings is 1. The van der Waals surface area contributed by atoms with E-state index in [1.807, 2.05) is 6.26 Å². The van der Waals surface area contributed by atoms with E-state index in [1.54, 1.807) is 6.26 Å². The average molecular weight is 245 g/mol. The monoisotopic (exact) mass is 244 g/mol. The molecule has 13 heavy (non-hydrogen) atoms. The first-order valence-corrected chi connectivity index (χ1v) is 5.65. The van der Waals surface area contributed by atoms with Gasteiger partial charge in [-0.15, -0.1) is 0 Å². The van der Waals surface area contributed by atoms with E-state index in [1.165, 1.54) is 18.4 Å². The van der Waals surface area contributed by atoms with Crippen molar-refractivity contribution in [3.63, 3.8) is 0 Å². The highest BCUT2D eigenvalue weighted by molar-refractivity contribution is 9.10. The van der Waals surface area contributed by atoms with Crippen molar-refractivity contribution in [3.05, 3.63) is 22.6 Å². The third-order valence-electron chi connectivity index (χ3n) is 2.85. The summed E-state index contributed by atoms with van der Waals surface area (Å²) in [5, 5.41) is 0. The zero-order valence-electron chi connectivity index (χ0n) is 8.56. The van der Waals surface area contributed by atoms with E-state index >= 15 is 0 Å². The molecule has 0 amide bonds. The fraction of sp³-hybridized carbons (Fsp3) is 0.636. The van der Waals surface area contributed by atoms with Gasteiger partial charge in [-0.05, 0) is 34.2 Å². The molecular formula is C11H17BrO. The van der Waals surface area contributed by atoms with Crippen molar-refractivity contribution < 1.29 is 4.42 Å². The lowest BCUT2D eigenvalue weighted by Crippen LogP contribution is -2.20. The smallest absolute Gasteiger partial charge is 0.105 e. The minimum atomic E-state index is 0.264. The topological polar surface area (TPSA) is 13.1 Å². The highest BCUT2D eigenvalue weighted by Crippen LogP contribution is 2.37. The van der Waals surface area contributed by atoms with Crippen LogP contribution in [0.1, 0.15) is 45.6 Å². The number of halogens is 1. The maximum absolute atomic E-state index is 5.19. The van der Waals surface area contributed by atoms with Gasteiger partial charge in [-0.2, -0.15) is 0 Å². The molecule has 1 aromatic heterocycles. The SMILES string of the molecule is CCCC(C)(CC)c1cocc1Br. The van der Waals surface area contributed by atoms with Crippen LogP contribution in [0.2, 0.25) is 0 Å². The lowest BCUT2D eigenvalue weighted by molar-refractivity contribution is 0.407. The van der Waals surface area contributed by atoms with Crippen LogP contribution in [-0.4, -0.2) is 0 Å². The first kappa shape index (κ1) is 10.8. The van der Waals surface area contributed by atoms with Crippen LogP contribution in [0.4, 0.5) is 0 Å². The summed E-state index contributed by atoms with van der Waals surface area (Å²) in [7, 11) is 0. The van der Waals surface area contributed by atoms with Crippen molar-refractivity contribution in [1.82, 2.24) is 0 Å². The lowest BCUT2D eigenvalue weighted by Gasteiger charge is -2.27. The van der Waals surface area contributed by atoms with Crippen molar-refractivity contribution in [2.24, 2.45) is 0 Å². The minimum Gasteiger partial charge on any atom is -0.471 e. The van der Waals surface area contributed by atoms with Gasteiger partial charge in [0.25, 0.3) is 0 Å². The Bertz CT molecular complexity index is 267. The molecule has 1 aromatic rings. The molecule has 0 aliphatic rings. The summed E-state index contributed by atoms with van der Waals surface area (Å²) >= 11 is 3.52. The van der Waals surface area contributed by atoms with Crippen molar-refractivity contribution in [2.75, 3.05) is 0 Å². The Kier molecular flexibility index (Phi) is 3.60. The molecule has 0 aliphatic heterocycles. The van der Waals surface area contributed by atoms with Gasteiger partial charge >= 0.3 is 0 Å². The fourth-order valence-corrected chi connectivity index (χ4v) is 2.45. The van der Waals surface area contributed by atoms with Gasteiger partial charge in [0.05, 0.1) is 10.7 Å². The van der Waals surface area contributed by atoms with Gasteiger partial charge in [-0.25, -0.2) is 0 Å². The van der Waals surface area contributed by atoms with Crippen molar-refractivity contribution in [2.45, 2.75) is 45.4 Å². The van der Waals surface area contributed by atoms with Crippen LogP contribution in [0.5, 0.6) is 0 Å². The minimum absolute atomic E-state index is 0.264. The molecule has 2 heteroatoms. The zero-order valence-corrected chi connectivity index (χ0v) is 10.1. The van der Waals surface area contributed by atoms with Crippen molar-refractivity contribution >= 4 is 15.9 Å². The highest BCUT2D eigenvalue weighted by atomic mass is 79.9. The van der Waals surface area contributed by atoms with E-state index in [0.717, 1.165) is 10.9 Å². The normalized spacial score (nSPS) is 15.7. The number of hydrogen-bond acceptors (Lipinski definition) is 1. The van der Waals surface area contributed by atoms with Crippen LogP contribution < -0.4 is 0 Å². The van der Waals surface area contributed by atoms with Gasteiger partial charge < -0.3 is 4.42 Å². The molecule has 0 radical (unpaired) electrons. The van der Waals surface area contributed by atoms with E-state index in [2.05, 4.69) is 36.7 Å². The van der Waals surface area contributed by atoms with Gasteiger partial charge in [-0.3, -0.25) is 0 Å². The van der Waals surface area contributed by atoms with Gasteiger partial charge in [0.1, 0.15) is 6.26 Å². The Morgan fingerprint density at radius 2 is 2.08 bits per heavy atom. The molecule has 0 saturated carbocycles. The third-order valence-corrected chi connectivity index (χ3v) is 3.46. The van der Waals surface area contributed by atoms with Crippen molar-refractivity contribution in [1.29, 1.82) is 0 Å². The average Bonchev–Trinajstić information content (AvgIpc) is 2.52. The second-order valence-corrected chi connectivity index (χ2v) is 4.65. The first-order chi connectivity index (χ1) is 6.14. The molecule has 1 nitrogen and oxygen atoms in total. The molecule has 1 atom stereocenters. The Balaban J connectivity index is 2.95. The Hall–Kier alpha value is -0.240. The largest absolute Gasteiger partial charge is 0.471 e. The maximum Gasteiger partial charge on any atom is 0.105 e. The van der Waals surface area contributed by atoms with Crippen LogP contribution in [0.15, 0.2) is 21.4 Å². The number of rotatable bonds is 4. The summed E-state index contributed by atoms with van der Waals surface area (Å²) in [6.45, 7) is 6.75. The maximum atomic E-state index is 5.19. The van der Waals surface area contributed by atoms with Crippen molar-refractivity contribution in [3.8, 4) is 0 Å². The van der Waals surface area contributed by atoms with E-state index in [-0.39, 0.29) is 5.41 Å². The summed E-state index contributed by atoms with van der Waals surface area (Å²) in [5.74, 6) is 0. The summed E-state index contributed by atoms with van der Waals surface area (Å²) in [5.41, 5.74) is 1.57. The van der Waals surface area contributed by atoms with Crippen LogP contribution in [0.3, 0.4) is 0 Å². The standard InChI is InChI=1S/C11H17BrO/c1-4-6-11(3,5-2)9-7-13-8-10(9)12/h7-8H,4-6H2,1-3H3. The van der Waals surface area contributed by atoms with Crippen LogP contribution in [-0.2, 0) is 5.41 Å². The predicted molar refractivity (Wildman–Crippen MR) is 59.0 cm³/mol. The second kappa shape index (κ2) is 4.32. The highest BCUT2D eigenvalue weighted by Gasteiger charge is 2.26. The molecule has 0 aromatic carbocycles. The van der Waals surface area contributed by atoms with Gasteiger partial charge in [0.2, 0.25) is 0 Å². The quantitative estimate of drug-likeness (QED) is 0.760. The van der Waals surface area contributed by atoms with Crippen LogP contribution in [0.25, 0.3) is 0 Å². The molecule has 0 bridgehead atoms. The van der Waals surface area contributed by atoms with Gasteiger partial charge in [-0.1, -0.05) is 27.2 Å². The first-order valence-electron chi connectivity index (χ1n) is 4.86. The van der Waals surface area contributed by atoms with E-state index in [0.29, 0.717) is 0 Å². The van der Waals surface area contributed by atoms with Crippen LogP contribution in [0, 0.1) is 0 Å². The third kappa shape index (κ3) is 2.16. The molecule has 0 spiro atoms. The Labute approximate surface area is 88.6 Å². The summed E-state index contributed by atoms with van der Waals surface area (Å²) in [6, 6.07) is 0. The molecule has 74 valence electrons. The molecule has 0 saturated heterocycles. The molecule has 1 unspecified atom stereocenters. The fourth-order valence-electron chi connectivity index (χ4n) is 1.77. The Morgan fingerprint density at radius 1 is 1.38 bits per heavy atom. The zero-order chi connectivity index (χ0) is 9.90. The Morgan fingerprint density at radius 3 is 2.46 bits per heavy atom. The molecule has 0 fully saturated rings. The predicted octanol–water partition coefficient (Wildman–Crippen LogP) is 4.51. The van der Waals surface area contributed by atoms with Crippen LogP contribution >= 0.6 is 15.9 Å². The second-order valence-electron chi connectivity index (χ2n) is 3.80. The molecular weight excluding hydrogens is 228 g/mol. The van der Waals surface area contributed by atoms with Gasteiger partial charge in [0.15, 0.2) is 0 Å². The van der Waals surface area contributed by atoms with E-state index in [4.69, 9.17) is 4.42 Å². The molecule has 1 heterocycles. The summed E-state index contributed by atoms with van der Waals surface area (Å²) in [6.07, 6.45) is 7.20. The summed E-state index contributed by atoms with van der Waals surface area (Å²) in [4.78, 5) is 0. The number of hydrogen-bond donors (Lipinski definition) is 0. The lowest BCUT2D eigenvalue weighted by atomic mass is 9.78. The summed E-state index contributed by atoms with van der Waals surface area (Å²) < 4.78 is 6.29.